The number of likely N-dealkylation sites (tertiary alicyclic amines) is 1. The van der Waals surface area contributed by atoms with Crippen molar-refractivity contribution in [2.45, 2.75) is 38.5 Å². The van der Waals surface area contributed by atoms with E-state index in [1.807, 2.05) is 44.0 Å². The third-order valence-electron chi connectivity index (χ3n) is 5.50. The van der Waals surface area contributed by atoms with E-state index in [9.17, 15) is 4.79 Å². The molecule has 1 N–H and O–H groups in total. The highest BCUT2D eigenvalue weighted by atomic mass is 16.6. The molecule has 2 heterocycles. The smallest absolute Gasteiger partial charge is 0.232 e. The molecule has 0 saturated carbocycles. The quantitative estimate of drug-likeness (QED) is 0.890. The molecule has 1 fully saturated rings. The van der Waals surface area contributed by atoms with Gasteiger partial charge in [-0.25, -0.2) is 0 Å². The molecule has 2 aliphatic rings. The molecule has 0 unspecified atom stereocenters. The Balaban J connectivity index is 1.67. The highest BCUT2D eigenvalue weighted by Gasteiger charge is 2.36. The van der Waals surface area contributed by atoms with Crippen molar-refractivity contribution < 1.29 is 14.3 Å². The molecule has 0 aliphatic carbocycles. The molecule has 0 spiro atoms. The van der Waals surface area contributed by atoms with Gasteiger partial charge in [0, 0.05) is 13.1 Å². The van der Waals surface area contributed by atoms with E-state index in [1.165, 1.54) is 6.42 Å². The average molecular weight is 346 g/mol. The normalized spacial score (nSPS) is 18.3. The van der Waals surface area contributed by atoms with Crippen LogP contribution in [0.3, 0.4) is 0 Å². The number of carbonyl (C=O) groups excluding carboxylic acids is 1. The number of piperidine rings is 1. The molecule has 1 aromatic carbocycles. The largest absolute Gasteiger partial charge is 0.486 e. The van der Waals surface area contributed by atoms with Crippen LogP contribution in [0.25, 0.3) is 0 Å². The van der Waals surface area contributed by atoms with Gasteiger partial charge in [0.25, 0.3) is 0 Å². The molecule has 0 aromatic heterocycles. The summed E-state index contributed by atoms with van der Waals surface area (Å²) in [5, 5.41) is 3.22. The van der Waals surface area contributed by atoms with Crippen molar-refractivity contribution >= 4 is 5.91 Å². The van der Waals surface area contributed by atoms with Gasteiger partial charge in [-0.05, 0) is 70.3 Å². The molecule has 5 nitrogen and oxygen atoms in total. The minimum absolute atomic E-state index is 0.205. The Labute approximate surface area is 150 Å². The SMILES string of the molecule is CNCCC1CCN(C(=O)C(C)(C)c2ccc3c(c2)OCCO3)CC1. The highest BCUT2D eigenvalue weighted by Crippen LogP contribution is 2.36. The lowest BCUT2D eigenvalue weighted by molar-refractivity contribution is -0.137. The van der Waals surface area contributed by atoms with Crippen molar-refractivity contribution in [2.24, 2.45) is 5.92 Å². The Morgan fingerprint density at radius 3 is 2.56 bits per heavy atom. The number of rotatable bonds is 5. The van der Waals surface area contributed by atoms with Crippen LogP contribution >= 0.6 is 0 Å². The number of nitrogens with zero attached hydrogens (tertiary/aromatic N) is 1. The van der Waals surface area contributed by atoms with Gasteiger partial charge in [0.05, 0.1) is 5.41 Å². The second-order valence-electron chi connectivity index (χ2n) is 7.61. The number of hydrogen-bond donors (Lipinski definition) is 1. The fourth-order valence-electron chi connectivity index (χ4n) is 3.72. The zero-order chi connectivity index (χ0) is 17.9. The van der Waals surface area contributed by atoms with Crippen LogP contribution in [-0.2, 0) is 10.2 Å². The molecule has 1 saturated heterocycles. The summed E-state index contributed by atoms with van der Waals surface area (Å²) in [4.78, 5) is 15.2. The van der Waals surface area contributed by atoms with Crippen molar-refractivity contribution in [3.05, 3.63) is 23.8 Å². The van der Waals surface area contributed by atoms with Crippen molar-refractivity contribution in [1.82, 2.24) is 10.2 Å². The lowest BCUT2D eigenvalue weighted by Crippen LogP contribution is -2.47. The summed E-state index contributed by atoms with van der Waals surface area (Å²) >= 11 is 0. The average Bonchev–Trinajstić information content (AvgIpc) is 2.65. The van der Waals surface area contributed by atoms with E-state index in [4.69, 9.17) is 9.47 Å². The van der Waals surface area contributed by atoms with Crippen LogP contribution in [0.1, 0.15) is 38.7 Å². The van der Waals surface area contributed by atoms with Gasteiger partial charge in [0.2, 0.25) is 5.91 Å². The van der Waals surface area contributed by atoms with Crippen molar-refractivity contribution in [3.8, 4) is 11.5 Å². The first-order chi connectivity index (χ1) is 12.0. The topological polar surface area (TPSA) is 50.8 Å². The van der Waals surface area contributed by atoms with E-state index in [-0.39, 0.29) is 5.91 Å². The van der Waals surface area contributed by atoms with E-state index in [0.29, 0.717) is 13.2 Å². The number of benzene rings is 1. The predicted octanol–water partition coefficient (Wildman–Crippen LogP) is 2.58. The van der Waals surface area contributed by atoms with E-state index in [0.717, 1.165) is 55.5 Å². The number of hydrogen-bond acceptors (Lipinski definition) is 4. The number of ether oxygens (including phenoxy) is 2. The Bertz CT molecular complexity index is 607. The lowest BCUT2D eigenvalue weighted by Gasteiger charge is -2.37. The number of amides is 1. The Kier molecular flexibility index (Phi) is 5.52. The molecule has 1 aromatic rings. The fourth-order valence-corrected chi connectivity index (χ4v) is 3.72. The van der Waals surface area contributed by atoms with Gasteiger partial charge in [-0.2, -0.15) is 0 Å². The standard InChI is InChI=1S/C20H30N2O3/c1-20(2,16-4-5-17-18(14-16)25-13-12-24-17)19(23)22-10-7-15(8-11-22)6-9-21-3/h4-5,14-15,21H,6-13H2,1-3H3. The van der Waals surface area contributed by atoms with Crippen molar-refractivity contribution in [3.63, 3.8) is 0 Å². The van der Waals surface area contributed by atoms with Crippen molar-refractivity contribution in [2.75, 3.05) is 39.9 Å². The van der Waals surface area contributed by atoms with Gasteiger partial charge in [0.1, 0.15) is 13.2 Å². The van der Waals surface area contributed by atoms with Crippen LogP contribution < -0.4 is 14.8 Å². The second-order valence-corrected chi connectivity index (χ2v) is 7.61. The van der Waals surface area contributed by atoms with Crippen LogP contribution in [0.5, 0.6) is 11.5 Å². The molecule has 3 rings (SSSR count). The molecular weight excluding hydrogens is 316 g/mol. The number of nitrogens with one attached hydrogen (secondary N) is 1. The first kappa shape index (κ1) is 18.1. The first-order valence-electron chi connectivity index (χ1n) is 9.36. The van der Waals surface area contributed by atoms with Crippen LogP contribution in [0.4, 0.5) is 0 Å². The molecule has 25 heavy (non-hydrogen) atoms. The number of carbonyl (C=O) groups is 1. The minimum atomic E-state index is -0.562. The summed E-state index contributed by atoms with van der Waals surface area (Å²) < 4.78 is 11.3. The zero-order valence-corrected chi connectivity index (χ0v) is 15.6. The van der Waals surface area contributed by atoms with Gasteiger partial charge in [0.15, 0.2) is 11.5 Å². The molecule has 0 bridgehead atoms. The first-order valence-corrected chi connectivity index (χ1v) is 9.36. The molecular formula is C20H30N2O3. The van der Waals surface area contributed by atoms with Gasteiger partial charge < -0.3 is 19.7 Å². The zero-order valence-electron chi connectivity index (χ0n) is 15.6. The fraction of sp³-hybridized carbons (Fsp3) is 0.650. The molecule has 5 heteroatoms. The van der Waals surface area contributed by atoms with Crippen LogP contribution in [0.15, 0.2) is 18.2 Å². The van der Waals surface area contributed by atoms with E-state index >= 15 is 0 Å². The Morgan fingerprint density at radius 2 is 1.88 bits per heavy atom. The van der Waals surface area contributed by atoms with E-state index in [1.54, 1.807) is 0 Å². The summed E-state index contributed by atoms with van der Waals surface area (Å²) in [7, 11) is 1.99. The molecule has 2 aliphatic heterocycles. The van der Waals surface area contributed by atoms with Gasteiger partial charge in [-0.1, -0.05) is 6.07 Å². The third-order valence-corrected chi connectivity index (χ3v) is 5.50. The third kappa shape index (κ3) is 3.92. The van der Waals surface area contributed by atoms with E-state index < -0.39 is 5.41 Å². The summed E-state index contributed by atoms with van der Waals surface area (Å²) in [5.74, 6) is 2.45. The van der Waals surface area contributed by atoms with Gasteiger partial charge in [-0.3, -0.25) is 4.79 Å². The van der Waals surface area contributed by atoms with E-state index in [2.05, 4.69) is 5.32 Å². The van der Waals surface area contributed by atoms with Gasteiger partial charge in [-0.15, -0.1) is 0 Å². The van der Waals surface area contributed by atoms with Crippen LogP contribution in [-0.4, -0.2) is 50.7 Å². The minimum Gasteiger partial charge on any atom is -0.486 e. The molecule has 1 amide bonds. The Morgan fingerprint density at radius 1 is 1.20 bits per heavy atom. The summed E-state index contributed by atoms with van der Waals surface area (Å²) in [6.07, 6.45) is 3.40. The van der Waals surface area contributed by atoms with Gasteiger partial charge >= 0.3 is 0 Å². The lowest BCUT2D eigenvalue weighted by atomic mass is 9.82. The molecule has 0 radical (unpaired) electrons. The molecule has 0 atom stereocenters. The molecule has 138 valence electrons. The van der Waals surface area contributed by atoms with Crippen LogP contribution in [0.2, 0.25) is 0 Å². The van der Waals surface area contributed by atoms with Crippen molar-refractivity contribution in [1.29, 1.82) is 0 Å². The monoisotopic (exact) mass is 346 g/mol. The predicted molar refractivity (Wildman–Crippen MR) is 98.3 cm³/mol. The number of fused-ring (bicyclic) bond motifs is 1. The summed E-state index contributed by atoms with van der Waals surface area (Å²) in [6, 6.07) is 5.87. The highest BCUT2D eigenvalue weighted by molar-refractivity contribution is 5.87. The maximum atomic E-state index is 13.2. The second kappa shape index (κ2) is 7.65. The summed E-state index contributed by atoms with van der Waals surface area (Å²) in [5.41, 5.74) is 0.423. The summed E-state index contributed by atoms with van der Waals surface area (Å²) in [6.45, 7) is 7.94. The maximum Gasteiger partial charge on any atom is 0.232 e. The van der Waals surface area contributed by atoms with Crippen LogP contribution in [0, 0.1) is 5.92 Å². The maximum absolute atomic E-state index is 13.2. The Hall–Kier alpha value is -1.75.